The zero-order valence-corrected chi connectivity index (χ0v) is 15.8. The zero-order chi connectivity index (χ0) is 18.6. The van der Waals surface area contributed by atoms with Gasteiger partial charge >= 0.3 is 0 Å². The molecule has 2 saturated heterocycles. The van der Waals surface area contributed by atoms with Crippen LogP contribution in [0.1, 0.15) is 23.8 Å². The third-order valence-electron chi connectivity index (χ3n) is 5.32. The second kappa shape index (κ2) is 8.10. The molecule has 7 heteroatoms. The number of nitrogens with zero attached hydrogens (tertiary/aromatic N) is 4. The van der Waals surface area contributed by atoms with E-state index >= 15 is 0 Å². The summed E-state index contributed by atoms with van der Waals surface area (Å²) in [6.07, 6.45) is 2.82. The highest BCUT2D eigenvalue weighted by molar-refractivity contribution is 5.95. The molecule has 7 nitrogen and oxygen atoms in total. The summed E-state index contributed by atoms with van der Waals surface area (Å²) in [5.74, 6) is 0.516. The van der Waals surface area contributed by atoms with Gasteiger partial charge in [0.15, 0.2) is 11.4 Å². The molecule has 3 heterocycles. The number of rotatable bonds is 5. The molecular weight excluding hydrogens is 342 g/mol. The minimum absolute atomic E-state index is 0.0363. The molecule has 1 atom stereocenters. The Hall–Kier alpha value is -2.38. The van der Waals surface area contributed by atoms with Crippen molar-refractivity contribution in [3.8, 4) is 11.4 Å². The number of nitrogens with one attached hydrogen (secondary N) is 1. The number of piperazine rings is 1. The van der Waals surface area contributed by atoms with Crippen LogP contribution in [-0.4, -0.2) is 77.4 Å². The average Bonchev–Trinajstić information content (AvgIpc) is 3.37. The lowest BCUT2D eigenvalue weighted by Crippen LogP contribution is -2.49. The number of ether oxygens (including phenoxy) is 1. The van der Waals surface area contributed by atoms with Gasteiger partial charge in [-0.1, -0.05) is 18.2 Å². The van der Waals surface area contributed by atoms with E-state index < -0.39 is 0 Å². The molecule has 0 radical (unpaired) electrons. The molecule has 1 aromatic heterocycles. The Morgan fingerprint density at radius 1 is 1.22 bits per heavy atom. The van der Waals surface area contributed by atoms with Crippen molar-refractivity contribution >= 4 is 5.91 Å². The summed E-state index contributed by atoms with van der Waals surface area (Å²) >= 11 is 0. The van der Waals surface area contributed by atoms with Crippen molar-refractivity contribution < 1.29 is 9.53 Å². The van der Waals surface area contributed by atoms with Gasteiger partial charge < -0.3 is 15.0 Å². The number of likely N-dealkylation sites (tertiary alicyclic amines) is 1. The lowest BCUT2D eigenvalue weighted by atomic mass is 10.2. The molecular formula is C20H27N5O2. The van der Waals surface area contributed by atoms with Crippen LogP contribution in [0.25, 0.3) is 5.69 Å². The molecule has 4 rings (SSSR count). The molecule has 2 aliphatic rings. The number of hydrogen-bond acceptors (Lipinski definition) is 5. The zero-order valence-electron chi connectivity index (χ0n) is 15.8. The Morgan fingerprint density at radius 2 is 2.00 bits per heavy atom. The number of aromatic nitrogens is 2. The predicted octanol–water partition coefficient (Wildman–Crippen LogP) is 1.39. The van der Waals surface area contributed by atoms with E-state index in [1.807, 2.05) is 42.2 Å². The van der Waals surface area contributed by atoms with Crippen molar-refractivity contribution in [2.45, 2.75) is 19.4 Å². The maximum atomic E-state index is 13.2. The minimum atomic E-state index is -0.0363. The number of amides is 1. The predicted molar refractivity (Wildman–Crippen MR) is 103 cm³/mol. The van der Waals surface area contributed by atoms with Crippen LogP contribution in [0.15, 0.2) is 36.5 Å². The Balaban J connectivity index is 1.52. The summed E-state index contributed by atoms with van der Waals surface area (Å²) < 4.78 is 7.44. The van der Waals surface area contributed by atoms with Gasteiger partial charge in [0.25, 0.3) is 5.91 Å². The Labute approximate surface area is 159 Å². The monoisotopic (exact) mass is 369 g/mol. The normalized spacial score (nSPS) is 20.8. The van der Waals surface area contributed by atoms with E-state index in [-0.39, 0.29) is 5.91 Å². The average molecular weight is 369 g/mol. The maximum absolute atomic E-state index is 13.2. The smallest absolute Gasteiger partial charge is 0.278 e. The minimum Gasteiger partial charge on any atom is -0.490 e. The van der Waals surface area contributed by atoms with Crippen molar-refractivity contribution in [2.24, 2.45) is 0 Å². The SMILES string of the molecule is CCOc1cn(-c2ccccc2)nc1C(=O)N1CCC(N2CCNCC2)C1. The van der Waals surface area contributed by atoms with Crippen LogP contribution < -0.4 is 10.1 Å². The molecule has 0 bridgehead atoms. The van der Waals surface area contributed by atoms with Crippen molar-refractivity contribution in [1.82, 2.24) is 24.9 Å². The van der Waals surface area contributed by atoms with Crippen LogP contribution in [0.2, 0.25) is 0 Å². The molecule has 2 fully saturated rings. The second-order valence-corrected chi connectivity index (χ2v) is 7.03. The molecule has 1 amide bonds. The summed E-state index contributed by atoms with van der Waals surface area (Å²) in [7, 11) is 0. The van der Waals surface area contributed by atoms with Crippen LogP contribution in [0.5, 0.6) is 5.75 Å². The lowest BCUT2D eigenvalue weighted by Gasteiger charge is -2.32. The molecule has 2 aliphatic heterocycles. The standard InChI is InChI=1S/C20H27N5O2/c1-2-27-18-15-25(16-6-4-3-5-7-16)22-19(18)20(26)24-11-8-17(14-24)23-12-9-21-10-13-23/h3-7,15,17,21H,2,8-14H2,1H3. The summed E-state index contributed by atoms with van der Waals surface area (Å²) in [6.45, 7) is 8.13. The van der Waals surface area contributed by atoms with E-state index in [2.05, 4.69) is 15.3 Å². The first-order valence-electron chi connectivity index (χ1n) is 9.78. The van der Waals surface area contributed by atoms with E-state index in [1.54, 1.807) is 10.9 Å². The van der Waals surface area contributed by atoms with Crippen molar-refractivity contribution in [3.63, 3.8) is 0 Å². The Morgan fingerprint density at radius 3 is 2.74 bits per heavy atom. The fourth-order valence-electron chi connectivity index (χ4n) is 3.90. The fourth-order valence-corrected chi connectivity index (χ4v) is 3.90. The Kier molecular flexibility index (Phi) is 5.40. The molecule has 1 aromatic carbocycles. The summed E-state index contributed by atoms with van der Waals surface area (Å²) in [5, 5.41) is 7.94. The van der Waals surface area contributed by atoms with Gasteiger partial charge in [0.1, 0.15) is 0 Å². The van der Waals surface area contributed by atoms with Crippen LogP contribution in [0.4, 0.5) is 0 Å². The van der Waals surface area contributed by atoms with E-state index in [0.717, 1.165) is 51.4 Å². The van der Waals surface area contributed by atoms with Gasteiger partial charge in [0.2, 0.25) is 0 Å². The lowest BCUT2D eigenvalue weighted by molar-refractivity contribution is 0.0763. The number of para-hydroxylation sites is 1. The molecule has 27 heavy (non-hydrogen) atoms. The molecule has 0 saturated carbocycles. The van der Waals surface area contributed by atoms with Crippen molar-refractivity contribution in [1.29, 1.82) is 0 Å². The van der Waals surface area contributed by atoms with Gasteiger partial charge in [0.05, 0.1) is 18.5 Å². The maximum Gasteiger partial charge on any atom is 0.278 e. The van der Waals surface area contributed by atoms with E-state index in [1.165, 1.54) is 0 Å². The first-order chi connectivity index (χ1) is 13.3. The van der Waals surface area contributed by atoms with Crippen LogP contribution in [0, 0.1) is 0 Å². The number of carbonyl (C=O) groups excluding carboxylic acids is 1. The van der Waals surface area contributed by atoms with Gasteiger partial charge in [-0.25, -0.2) is 4.68 Å². The summed E-state index contributed by atoms with van der Waals surface area (Å²) in [6, 6.07) is 10.3. The molecule has 1 unspecified atom stereocenters. The largest absolute Gasteiger partial charge is 0.490 e. The number of carbonyl (C=O) groups is 1. The molecule has 0 spiro atoms. The van der Waals surface area contributed by atoms with Crippen LogP contribution in [-0.2, 0) is 0 Å². The van der Waals surface area contributed by atoms with Crippen LogP contribution in [0.3, 0.4) is 0 Å². The van der Waals surface area contributed by atoms with Crippen molar-refractivity contribution in [3.05, 3.63) is 42.2 Å². The highest BCUT2D eigenvalue weighted by Gasteiger charge is 2.33. The van der Waals surface area contributed by atoms with Gasteiger partial charge in [0, 0.05) is 45.3 Å². The fraction of sp³-hybridized carbons (Fsp3) is 0.500. The molecule has 2 aromatic rings. The van der Waals surface area contributed by atoms with Crippen molar-refractivity contribution in [2.75, 3.05) is 45.9 Å². The second-order valence-electron chi connectivity index (χ2n) is 7.03. The first-order valence-corrected chi connectivity index (χ1v) is 9.78. The first kappa shape index (κ1) is 18.0. The summed E-state index contributed by atoms with van der Waals surface area (Å²) in [5.41, 5.74) is 1.32. The van der Waals surface area contributed by atoms with E-state index in [4.69, 9.17) is 4.74 Å². The topological polar surface area (TPSA) is 62.6 Å². The third kappa shape index (κ3) is 3.84. The quantitative estimate of drug-likeness (QED) is 0.863. The molecule has 144 valence electrons. The van der Waals surface area contributed by atoms with Crippen LogP contribution >= 0.6 is 0 Å². The van der Waals surface area contributed by atoms with E-state index in [0.29, 0.717) is 24.1 Å². The third-order valence-corrected chi connectivity index (χ3v) is 5.32. The molecule has 1 N–H and O–H groups in total. The van der Waals surface area contributed by atoms with E-state index in [9.17, 15) is 4.79 Å². The Bertz CT molecular complexity index is 770. The highest BCUT2D eigenvalue weighted by Crippen LogP contribution is 2.24. The van der Waals surface area contributed by atoms with Gasteiger partial charge in [-0.05, 0) is 25.5 Å². The summed E-state index contributed by atoms with van der Waals surface area (Å²) in [4.78, 5) is 17.6. The van der Waals surface area contributed by atoms with Gasteiger partial charge in [-0.2, -0.15) is 5.10 Å². The highest BCUT2D eigenvalue weighted by atomic mass is 16.5. The number of hydrogen-bond donors (Lipinski definition) is 1. The molecule has 0 aliphatic carbocycles. The van der Waals surface area contributed by atoms with Gasteiger partial charge in [-0.3, -0.25) is 9.69 Å². The van der Waals surface area contributed by atoms with Gasteiger partial charge in [-0.15, -0.1) is 0 Å². The number of benzene rings is 1.